The van der Waals surface area contributed by atoms with Crippen molar-refractivity contribution in [2.24, 2.45) is 0 Å². The third kappa shape index (κ3) is 4.57. The van der Waals surface area contributed by atoms with Gasteiger partial charge in [-0.2, -0.15) is 13.9 Å². The standard InChI is InChI=1S/C19H25F2N3O3S/c1-18(2,3)14-11-15(24(23-14)19(4,5)6)22-16(25)12-7-9-13(10-8-12)28(26,27)17(20)21/h7-11,17H,1-6H3,(H,22,25). The molecule has 1 heterocycles. The minimum Gasteiger partial charge on any atom is -0.307 e. The number of sulfone groups is 1. The van der Waals surface area contributed by atoms with Gasteiger partial charge in [-0.25, -0.2) is 13.1 Å². The van der Waals surface area contributed by atoms with Gasteiger partial charge in [0.1, 0.15) is 5.82 Å². The van der Waals surface area contributed by atoms with Crippen LogP contribution in [0.2, 0.25) is 0 Å². The Hall–Kier alpha value is -2.29. The summed E-state index contributed by atoms with van der Waals surface area (Å²) in [5.74, 6) is -3.51. The van der Waals surface area contributed by atoms with Gasteiger partial charge < -0.3 is 5.32 Å². The van der Waals surface area contributed by atoms with Crippen LogP contribution in [0.5, 0.6) is 0 Å². The summed E-state index contributed by atoms with van der Waals surface area (Å²) in [5.41, 5.74) is 0.339. The Morgan fingerprint density at radius 3 is 2.04 bits per heavy atom. The van der Waals surface area contributed by atoms with E-state index in [0.717, 1.165) is 17.8 Å². The van der Waals surface area contributed by atoms with E-state index in [9.17, 15) is 22.0 Å². The van der Waals surface area contributed by atoms with Gasteiger partial charge in [-0.3, -0.25) is 4.79 Å². The summed E-state index contributed by atoms with van der Waals surface area (Å²) in [6, 6.07) is 6.19. The fourth-order valence-corrected chi connectivity index (χ4v) is 3.16. The van der Waals surface area contributed by atoms with Gasteiger partial charge in [0.25, 0.3) is 5.91 Å². The second kappa shape index (κ2) is 7.27. The van der Waals surface area contributed by atoms with E-state index >= 15 is 0 Å². The molecule has 1 aromatic carbocycles. The number of anilines is 1. The minimum atomic E-state index is -4.70. The molecule has 1 amide bonds. The molecule has 154 valence electrons. The van der Waals surface area contributed by atoms with Crippen molar-refractivity contribution >= 4 is 21.6 Å². The van der Waals surface area contributed by atoms with Crippen molar-refractivity contribution in [2.75, 3.05) is 5.32 Å². The van der Waals surface area contributed by atoms with Gasteiger partial charge in [0.15, 0.2) is 0 Å². The molecular weight excluding hydrogens is 388 g/mol. The normalized spacial score (nSPS) is 13.0. The van der Waals surface area contributed by atoms with Crippen LogP contribution in [0.3, 0.4) is 0 Å². The summed E-state index contributed by atoms with van der Waals surface area (Å²) in [4.78, 5) is 12.1. The Bertz CT molecular complexity index is 967. The van der Waals surface area contributed by atoms with Crippen LogP contribution in [0.4, 0.5) is 14.6 Å². The number of carbonyl (C=O) groups excluding carboxylic acids is 1. The highest BCUT2D eigenvalue weighted by atomic mass is 32.2. The van der Waals surface area contributed by atoms with E-state index in [1.165, 1.54) is 12.1 Å². The van der Waals surface area contributed by atoms with E-state index in [1.807, 2.05) is 41.5 Å². The van der Waals surface area contributed by atoms with Gasteiger partial charge in [-0.15, -0.1) is 0 Å². The van der Waals surface area contributed by atoms with Gasteiger partial charge in [0.2, 0.25) is 9.84 Å². The average molecular weight is 413 g/mol. The molecule has 0 saturated heterocycles. The van der Waals surface area contributed by atoms with Gasteiger partial charge >= 0.3 is 5.76 Å². The quantitative estimate of drug-likeness (QED) is 0.815. The zero-order chi connectivity index (χ0) is 21.5. The monoisotopic (exact) mass is 413 g/mol. The van der Waals surface area contributed by atoms with E-state index in [4.69, 9.17) is 0 Å². The number of nitrogens with one attached hydrogen (secondary N) is 1. The molecule has 0 aliphatic carbocycles. The Kier molecular flexibility index (Phi) is 5.71. The number of nitrogens with zero attached hydrogens (tertiary/aromatic N) is 2. The number of alkyl halides is 2. The average Bonchev–Trinajstić information content (AvgIpc) is 2.99. The van der Waals surface area contributed by atoms with Gasteiger partial charge in [-0.1, -0.05) is 20.8 Å². The molecule has 2 rings (SSSR count). The molecule has 0 spiro atoms. The maximum atomic E-state index is 12.6. The van der Waals surface area contributed by atoms with Crippen molar-refractivity contribution < 1.29 is 22.0 Å². The van der Waals surface area contributed by atoms with Crippen LogP contribution in [0.15, 0.2) is 35.2 Å². The van der Waals surface area contributed by atoms with Crippen LogP contribution >= 0.6 is 0 Å². The van der Waals surface area contributed by atoms with E-state index < -0.39 is 26.4 Å². The first-order valence-corrected chi connectivity index (χ1v) is 10.2. The third-order valence-corrected chi connectivity index (χ3v) is 5.43. The number of aromatic nitrogens is 2. The van der Waals surface area contributed by atoms with E-state index in [0.29, 0.717) is 5.82 Å². The molecule has 0 aliphatic heterocycles. The highest BCUT2D eigenvalue weighted by molar-refractivity contribution is 7.91. The first-order valence-electron chi connectivity index (χ1n) is 8.68. The highest BCUT2D eigenvalue weighted by Crippen LogP contribution is 2.28. The topological polar surface area (TPSA) is 81.1 Å². The molecular formula is C19H25F2N3O3S. The molecule has 1 N–H and O–H groups in total. The maximum Gasteiger partial charge on any atom is 0.341 e. The minimum absolute atomic E-state index is 0.146. The summed E-state index contributed by atoms with van der Waals surface area (Å²) >= 11 is 0. The molecule has 0 fully saturated rings. The number of hydrogen-bond acceptors (Lipinski definition) is 4. The predicted octanol–water partition coefficient (Wildman–Crippen LogP) is 4.18. The van der Waals surface area contributed by atoms with Crippen molar-refractivity contribution in [3.05, 3.63) is 41.6 Å². The van der Waals surface area contributed by atoms with Crippen molar-refractivity contribution in [1.82, 2.24) is 9.78 Å². The van der Waals surface area contributed by atoms with Crippen LogP contribution in [-0.2, 0) is 20.8 Å². The summed E-state index contributed by atoms with van der Waals surface area (Å²) in [5, 5.41) is 7.38. The van der Waals surface area contributed by atoms with Crippen molar-refractivity contribution in [2.45, 2.75) is 63.1 Å². The van der Waals surface area contributed by atoms with Gasteiger partial charge in [-0.05, 0) is 45.0 Å². The summed E-state index contributed by atoms with van der Waals surface area (Å²) in [6.07, 6.45) is 0. The lowest BCUT2D eigenvalue weighted by Crippen LogP contribution is -2.27. The SMILES string of the molecule is CC(C)(C)c1cc(NC(=O)c2ccc(S(=O)(=O)C(F)F)cc2)n(C(C)(C)C)n1. The lowest BCUT2D eigenvalue weighted by molar-refractivity contribution is 0.102. The zero-order valence-electron chi connectivity index (χ0n) is 16.7. The maximum absolute atomic E-state index is 12.6. The Labute approximate surface area is 163 Å². The molecule has 28 heavy (non-hydrogen) atoms. The smallest absolute Gasteiger partial charge is 0.307 e. The van der Waals surface area contributed by atoms with Crippen molar-refractivity contribution in [3.8, 4) is 0 Å². The Morgan fingerprint density at radius 2 is 1.61 bits per heavy atom. The van der Waals surface area contributed by atoms with Crippen LogP contribution in [0, 0.1) is 0 Å². The Morgan fingerprint density at radius 1 is 1.07 bits per heavy atom. The lowest BCUT2D eigenvalue weighted by atomic mass is 9.92. The van der Waals surface area contributed by atoms with E-state index in [-0.39, 0.29) is 16.5 Å². The number of hydrogen-bond donors (Lipinski definition) is 1. The van der Waals surface area contributed by atoms with Crippen molar-refractivity contribution in [1.29, 1.82) is 0 Å². The second-order valence-corrected chi connectivity index (χ2v) is 10.4. The largest absolute Gasteiger partial charge is 0.341 e. The number of halogens is 2. The van der Waals surface area contributed by atoms with Crippen LogP contribution < -0.4 is 5.32 Å². The Balaban J connectivity index is 2.34. The molecule has 0 aliphatic rings. The molecule has 2 aromatic rings. The van der Waals surface area contributed by atoms with Crippen LogP contribution in [0.25, 0.3) is 0 Å². The summed E-state index contributed by atoms with van der Waals surface area (Å²) in [6.45, 7) is 11.9. The van der Waals surface area contributed by atoms with Crippen molar-refractivity contribution in [3.63, 3.8) is 0 Å². The number of amides is 1. The van der Waals surface area contributed by atoms with E-state index in [2.05, 4.69) is 10.4 Å². The molecule has 1 aromatic heterocycles. The first kappa shape index (κ1) is 22.0. The first-order chi connectivity index (χ1) is 12.6. The highest BCUT2D eigenvalue weighted by Gasteiger charge is 2.28. The molecule has 0 unspecified atom stereocenters. The molecule has 0 saturated carbocycles. The fourth-order valence-electron chi connectivity index (χ4n) is 2.44. The second-order valence-electron chi connectivity index (χ2n) is 8.53. The van der Waals surface area contributed by atoms with E-state index in [1.54, 1.807) is 10.7 Å². The summed E-state index contributed by atoms with van der Waals surface area (Å²) < 4.78 is 49.9. The molecule has 6 nitrogen and oxygen atoms in total. The molecule has 0 atom stereocenters. The van der Waals surface area contributed by atoms with Gasteiger partial charge in [0, 0.05) is 17.0 Å². The number of benzene rings is 1. The number of rotatable bonds is 4. The fraction of sp³-hybridized carbons (Fsp3) is 0.474. The third-order valence-electron chi connectivity index (χ3n) is 4.03. The van der Waals surface area contributed by atoms with Crippen LogP contribution in [0.1, 0.15) is 57.6 Å². The molecule has 0 bridgehead atoms. The van der Waals surface area contributed by atoms with Crippen LogP contribution in [-0.4, -0.2) is 29.9 Å². The molecule has 0 radical (unpaired) electrons. The number of carbonyl (C=O) groups is 1. The van der Waals surface area contributed by atoms with Gasteiger partial charge in [0.05, 0.1) is 16.1 Å². The zero-order valence-corrected chi connectivity index (χ0v) is 17.6. The lowest BCUT2D eigenvalue weighted by Gasteiger charge is -2.23. The summed E-state index contributed by atoms with van der Waals surface area (Å²) in [7, 11) is -4.70. The molecule has 9 heteroatoms. The predicted molar refractivity (Wildman–Crippen MR) is 104 cm³/mol.